The highest BCUT2D eigenvalue weighted by Crippen LogP contribution is 2.48. The number of carbonyl (C=O) groups is 3. The van der Waals surface area contributed by atoms with Crippen LogP contribution in [0.2, 0.25) is 5.02 Å². The molecule has 3 fully saturated rings. The van der Waals surface area contributed by atoms with E-state index in [0.29, 0.717) is 64.0 Å². The number of hydrogen-bond acceptors (Lipinski definition) is 10. The molecule has 0 spiro atoms. The van der Waals surface area contributed by atoms with Gasteiger partial charge >= 0.3 is 6.03 Å². The minimum atomic E-state index is -3.96. The van der Waals surface area contributed by atoms with Crippen molar-refractivity contribution in [1.82, 2.24) is 30.0 Å². The van der Waals surface area contributed by atoms with Gasteiger partial charge in [0, 0.05) is 49.4 Å². The fraction of sp³-hybridized carbons (Fsp3) is 0.541. The van der Waals surface area contributed by atoms with Crippen LogP contribution in [0.4, 0.5) is 4.79 Å². The third-order valence-corrected chi connectivity index (χ3v) is 13.4. The van der Waals surface area contributed by atoms with Gasteiger partial charge in [-0.15, -0.1) is 0 Å². The van der Waals surface area contributed by atoms with E-state index in [-0.39, 0.29) is 31.2 Å². The number of methoxy groups -OCH3 is 1. The zero-order valence-corrected chi connectivity index (χ0v) is 32.1. The molecule has 1 saturated heterocycles. The molecule has 0 unspecified atom stereocenters. The lowest BCUT2D eigenvalue weighted by molar-refractivity contribution is -0.134. The van der Waals surface area contributed by atoms with Crippen LogP contribution in [0.5, 0.6) is 11.5 Å². The molecule has 4 heterocycles. The highest BCUT2D eigenvalue weighted by molar-refractivity contribution is 7.91. The number of sulfonamides is 1. The molecule has 1 aromatic carbocycles. The Labute approximate surface area is 313 Å². The van der Waals surface area contributed by atoms with E-state index in [1.54, 1.807) is 37.1 Å². The number of rotatable bonds is 8. The standard InChI is InChI=1S/C37H45ClN6O8S/c1-21(2)30-18-28(41-52-30)27-17-31(24-15-32(50-5)25(38)16-26(24)39-27)51-23-14-29-33(45)43(4)13-9-7-6-8-10-22-19-37(22,40-35(47)44(29)20-23)34(46)42-53(48,49)36(3)11-12-36/h8,10,15-18,21-23,29H,6-7,9,11-14,19-20H2,1-5H3,(H,40,47)(H,42,46)/b10-8-/t22-,23+,29+,37-/m1/s1. The third kappa shape index (κ3) is 7.05. The van der Waals surface area contributed by atoms with Crippen LogP contribution in [0, 0.1) is 5.92 Å². The van der Waals surface area contributed by atoms with Crippen molar-refractivity contribution < 1.29 is 36.8 Å². The Balaban J connectivity index is 1.21. The number of hydrogen-bond donors (Lipinski definition) is 2. The lowest BCUT2D eigenvalue weighted by atomic mass is 10.1. The summed E-state index contributed by atoms with van der Waals surface area (Å²) >= 11 is 6.51. The van der Waals surface area contributed by atoms with Gasteiger partial charge in [0.1, 0.15) is 40.6 Å². The maximum absolute atomic E-state index is 14.2. The number of amides is 4. The summed E-state index contributed by atoms with van der Waals surface area (Å²) in [4.78, 5) is 49.8. The average molecular weight is 769 g/mol. The number of urea groups is 1. The first-order valence-corrected chi connectivity index (χ1v) is 19.9. The molecule has 53 heavy (non-hydrogen) atoms. The number of benzene rings is 1. The number of nitrogens with one attached hydrogen (secondary N) is 2. The van der Waals surface area contributed by atoms with Gasteiger partial charge in [0.2, 0.25) is 15.9 Å². The van der Waals surface area contributed by atoms with Gasteiger partial charge in [-0.2, -0.15) is 0 Å². The molecule has 4 aliphatic rings. The molecule has 2 N–H and O–H groups in total. The van der Waals surface area contributed by atoms with E-state index in [2.05, 4.69) is 15.2 Å². The first kappa shape index (κ1) is 37.0. The molecular weight excluding hydrogens is 724 g/mol. The summed E-state index contributed by atoms with van der Waals surface area (Å²) in [5.74, 6) is 0.181. The first-order chi connectivity index (χ1) is 25.1. The fourth-order valence-electron chi connectivity index (χ4n) is 7.05. The quantitative estimate of drug-likeness (QED) is 0.292. The van der Waals surface area contributed by atoms with Crippen molar-refractivity contribution in [2.75, 3.05) is 27.2 Å². The monoisotopic (exact) mass is 768 g/mol. The molecule has 2 saturated carbocycles. The minimum absolute atomic E-state index is 0.00991. The van der Waals surface area contributed by atoms with Gasteiger partial charge in [-0.05, 0) is 57.6 Å². The fourth-order valence-corrected chi connectivity index (χ4v) is 8.59. The van der Waals surface area contributed by atoms with Crippen molar-refractivity contribution in [3.05, 3.63) is 47.2 Å². The smallest absolute Gasteiger partial charge is 0.319 e. The Bertz CT molecular complexity index is 2100. The van der Waals surface area contributed by atoms with Gasteiger partial charge in [0.05, 0.1) is 34.6 Å². The largest absolute Gasteiger partial charge is 0.495 e. The van der Waals surface area contributed by atoms with Crippen LogP contribution in [0.3, 0.4) is 0 Å². The minimum Gasteiger partial charge on any atom is -0.495 e. The number of likely N-dealkylation sites (N-methyl/N-ethyl adjacent to an activating group) is 1. The molecule has 2 aromatic heterocycles. The molecule has 4 atom stereocenters. The van der Waals surface area contributed by atoms with Crippen LogP contribution in [0.1, 0.15) is 77.4 Å². The molecule has 4 amide bonds. The Morgan fingerprint density at radius 2 is 1.91 bits per heavy atom. The maximum Gasteiger partial charge on any atom is 0.319 e. The highest BCUT2D eigenvalue weighted by atomic mass is 35.5. The van der Waals surface area contributed by atoms with Crippen LogP contribution in [-0.2, 0) is 19.6 Å². The molecule has 3 aromatic rings. The topological polar surface area (TPSA) is 173 Å². The van der Waals surface area contributed by atoms with E-state index >= 15 is 0 Å². The summed E-state index contributed by atoms with van der Waals surface area (Å²) in [7, 11) is -0.735. The van der Waals surface area contributed by atoms with E-state index < -0.39 is 50.3 Å². The molecular formula is C37H45ClN6O8S. The number of nitrogens with zero attached hydrogens (tertiary/aromatic N) is 4. The Hall–Kier alpha value is -4.37. The van der Waals surface area contributed by atoms with Crippen molar-refractivity contribution in [3.8, 4) is 22.9 Å². The second kappa shape index (κ2) is 13.8. The maximum atomic E-state index is 14.2. The number of allylic oxidation sites excluding steroid dienone is 1. The van der Waals surface area contributed by atoms with Crippen LogP contribution < -0.4 is 19.5 Å². The summed E-state index contributed by atoms with van der Waals surface area (Å²) in [6.07, 6.45) is 6.76. The Morgan fingerprint density at radius 3 is 2.60 bits per heavy atom. The molecule has 14 nitrogen and oxygen atoms in total. The second-order valence-corrected chi connectivity index (χ2v) is 17.8. The molecule has 7 rings (SSSR count). The summed E-state index contributed by atoms with van der Waals surface area (Å²) in [5.41, 5.74) is 0.0119. The predicted octanol–water partition coefficient (Wildman–Crippen LogP) is 5.16. The Morgan fingerprint density at radius 1 is 1.13 bits per heavy atom. The molecule has 0 radical (unpaired) electrons. The number of pyridine rings is 1. The van der Waals surface area contributed by atoms with Crippen LogP contribution in [0.15, 0.2) is 40.9 Å². The van der Waals surface area contributed by atoms with Gasteiger partial charge in [-0.25, -0.2) is 18.2 Å². The molecule has 16 heteroatoms. The van der Waals surface area contributed by atoms with Crippen molar-refractivity contribution in [1.29, 1.82) is 0 Å². The number of ether oxygens (including phenoxy) is 2. The van der Waals surface area contributed by atoms with E-state index in [0.717, 1.165) is 19.3 Å². The predicted molar refractivity (Wildman–Crippen MR) is 197 cm³/mol. The lowest BCUT2D eigenvalue weighted by Gasteiger charge is -2.30. The number of aromatic nitrogens is 2. The summed E-state index contributed by atoms with van der Waals surface area (Å²) < 4.78 is 45.1. The van der Waals surface area contributed by atoms with Gasteiger partial charge < -0.3 is 29.1 Å². The lowest BCUT2D eigenvalue weighted by Crippen LogP contribution is -2.58. The van der Waals surface area contributed by atoms with E-state index in [1.165, 1.54) is 12.0 Å². The van der Waals surface area contributed by atoms with Crippen molar-refractivity contribution >= 4 is 50.4 Å². The molecule has 2 aliphatic heterocycles. The van der Waals surface area contributed by atoms with Gasteiger partial charge in [-0.1, -0.05) is 42.8 Å². The van der Waals surface area contributed by atoms with E-state index in [1.807, 2.05) is 32.1 Å². The normalized spacial score (nSPS) is 26.4. The molecule has 0 bridgehead atoms. The molecule has 284 valence electrons. The van der Waals surface area contributed by atoms with Crippen molar-refractivity contribution in [2.24, 2.45) is 5.92 Å². The number of carbonyl (C=O) groups excluding carboxylic acids is 3. The summed E-state index contributed by atoms with van der Waals surface area (Å²) in [6, 6.07) is 5.39. The Kier molecular flexibility index (Phi) is 9.63. The number of fused-ring (bicyclic) bond motifs is 3. The first-order valence-electron chi connectivity index (χ1n) is 18.0. The highest BCUT2D eigenvalue weighted by Gasteiger charge is 2.63. The van der Waals surface area contributed by atoms with Crippen molar-refractivity contribution in [3.63, 3.8) is 0 Å². The van der Waals surface area contributed by atoms with Gasteiger partial charge in [0.15, 0.2) is 0 Å². The van der Waals surface area contributed by atoms with Crippen molar-refractivity contribution in [2.45, 2.75) is 94.1 Å². The average Bonchev–Trinajstić information content (AvgIpc) is 3.88. The SMILES string of the molecule is COc1cc2c(O[C@H]3C[C@H]4C(=O)N(C)CCCC/C=C\[C@@H]5C[C@@]5(C(=O)NS(=O)(=O)C5(C)CC5)NC(=O)N4C3)cc(-c3cc(C(C)C)on3)nc2cc1Cl. The zero-order valence-electron chi connectivity index (χ0n) is 30.5. The van der Waals surface area contributed by atoms with Gasteiger partial charge in [0.25, 0.3) is 5.91 Å². The molecule has 2 aliphatic carbocycles. The number of halogens is 1. The summed E-state index contributed by atoms with van der Waals surface area (Å²) in [5, 5.41) is 8.05. The van der Waals surface area contributed by atoms with Crippen LogP contribution in [-0.4, -0.2) is 95.9 Å². The second-order valence-electron chi connectivity index (χ2n) is 15.2. The van der Waals surface area contributed by atoms with Crippen LogP contribution >= 0.6 is 11.6 Å². The zero-order chi connectivity index (χ0) is 37.9. The van der Waals surface area contributed by atoms with Crippen LogP contribution in [0.25, 0.3) is 22.3 Å². The summed E-state index contributed by atoms with van der Waals surface area (Å²) in [6.45, 7) is 6.10. The van der Waals surface area contributed by atoms with Gasteiger partial charge in [-0.3, -0.25) is 14.3 Å². The van der Waals surface area contributed by atoms with E-state index in [4.69, 9.17) is 30.6 Å². The van der Waals surface area contributed by atoms with E-state index in [9.17, 15) is 22.8 Å². The third-order valence-electron chi connectivity index (χ3n) is 10.9.